The molecule has 0 aromatic carbocycles. The van der Waals surface area contributed by atoms with E-state index < -0.39 is 6.04 Å². The normalized spacial score (nSPS) is 28.2. The fraction of sp³-hybridized carbons (Fsp3) is 0.700. The van der Waals surface area contributed by atoms with Crippen molar-refractivity contribution >= 4 is 17.7 Å². The Balaban J connectivity index is 1.92. The highest BCUT2D eigenvalue weighted by Crippen LogP contribution is 2.45. The largest absolute Gasteiger partial charge is 0.344 e. The predicted molar refractivity (Wildman–Crippen MR) is 51.7 cm³/mol. The van der Waals surface area contributed by atoms with Crippen LogP contribution in [0.15, 0.2) is 0 Å². The van der Waals surface area contributed by atoms with E-state index >= 15 is 0 Å². The average Bonchev–Trinajstić information content (AvgIpc) is 2.90. The summed E-state index contributed by atoms with van der Waals surface area (Å²) in [5, 5.41) is 4.90. The van der Waals surface area contributed by atoms with E-state index in [0.29, 0.717) is 12.8 Å². The molecule has 1 heterocycles. The lowest BCUT2D eigenvalue weighted by atomic mass is 10.0. The first-order chi connectivity index (χ1) is 7.01. The molecule has 1 saturated heterocycles. The summed E-state index contributed by atoms with van der Waals surface area (Å²) in [6.45, 7) is 1.88. The molecule has 2 rings (SSSR count). The monoisotopic (exact) mass is 210 g/mol. The van der Waals surface area contributed by atoms with Crippen LogP contribution >= 0.6 is 0 Å². The maximum Gasteiger partial charge on any atom is 0.249 e. The molecule has 2 aliphatic rings. The lowest BCUT2D eigenvalue weighted by molar-refractivity contribution is -0.138. The van der Waals surface area contributed by atoms with Crippen LogP contribution in [0.25, 0.3) is 0 Å². The van der Waals surface area contributed by atoms with E-state index in [1.807, 2.05) is 6.92 Å². The van der Waals surface area contributed by atoms with Gasteiger partial charge in [-0.15, -0.1) is 0 Å². The lowest BCUT2D eigenvalue weighted by Crippen LogP contribution is -2.53. The van der Waals surface area contributed by atoms with E-state index in [-0.39, 0.29) is 23.1 Å². The van der Waals surface area contributed by atoms with Gasteiger partial charge in [0.15, 0.2) is 0 Å². The van der Waals surface area contributed by atoms with Gasteiger partial charge >= 0.3 is 0 Å². The van der Waals surface area contributed by atoms with Crippen LogP contribution in [0.3, 0.4) is 0 Å². The van der Waals surface area contributed by atoms with Gasteiger partial charge < -0.3 is 5.32 Å². The van der Waals surface area contributed by atoms with E-state index in [1.165, 1.54) is 0 Å². The molecule has 1 aliphatic heterocycles. The summed E-state index contributed by atoms with van der Waals surface area (Å²) in [6, 6.07) is -0.535. The molecule has 1 atom stereocenters. The summed E-state index contributed by atoms with van der Waals surface area (Å²) in [5.74, 6) is -0.719. The van der Waals surface area contributed by atoms with Gasteiger partial charge in [0.2, 0.25) is 17.7 Å². The van der Waals surface area contributed by atoms with Crippen LogP contribution in [0.4, 0.5) is 0 Å². The van der Waals surface area contributed by atoms with E-state index in [2.05, 4.69) is 10.6 Å². The third kappa shape index (κ3) is 2.00. The summed E-state index contributed by atoms with van der Waals surface area (Å²) in [4.78, 5) is 33.9. The fourth-order valence-corrected chi connectivity index (χ4v) is 1.58. The molecule has 5 nitrogen and oxygen atoms in total. The van der Waals surface area contributed by atoms with Crippen LogP contribution in [0.5, 0.6) is 0 Å². The minimum atomic E-state index is -0.535. The van der Waals surface area contributed by atoms with Crippen LogP contribution in [0.1, 0.15) is 32.6 Å². The average molecular weight is 210 g/mol. The van der Waals surface area contributed by atoms with Crippen molar-refractivity contribution in [1.29, 1.82) is 0 Å². The van der Waals surface area contributed by atoms with E-state index in [1.54, 1.807) is 0 Å². The zero-order valence-corrected chi connectivity index (χ0v) is 8.63. The van der Waals surface area contributed by atoms with Crippen LogP contribution < -0.4 is 10.6 Å². The van der Waals surface area contributed by atoms with Crippen molar-refractivity contribution in [3.63, 3.8) is 0 Å². The molecule has 15 heavy (non-hydrogen) atoms. The van der Waals surface area contributed by atoms with Gasteiger partial charge in [0.05, 0.1) is 0 Å². The van der Waals surface area contributed by atoms with E-state index in [9.17, 15) is 14.4 Å². The van der Waals surface area contributed by atoms with Gasteiger partial charge in [-0.25, -0.2) is 0 Å². The molecule has 3 amide bonds. The highest BCUT2D eigenvalue weighted by Gasteiger charge is 2.46. The summed E-state index contributed by atoms with van der Waals surface area (Å²) in [6.07, 6.45) is 2.47. The van der Waals surface area contributed by atoms with Crippen molar-refractivity contribution in [3.05, 3.63) is 0 Å². The van der Waals surface area contributed by atoms with Gasteiger partial charge in [-0.05, 0) is 19.3 Å². The standard InChI is InChI=1S/C10H14N2O3/c1-10(4-5-10)9(15)11-6-2-3-7(13)12-8(6)14/h6H,2-5H2,1H3,(H,11,15)(H,12,13,14). The molecule has 1 aliphatic carbocycles. The van der Waals surface area contributed by atoms with E-state index in [4.69, 9.17) is 0 Å². The van der Waals surface area contributed by atoms with Crippen molar-refractivity contribution in [3.8, 4) is 0 Å². The second kappa shape index (κ2) is 3.32. The number of nitrogens with one attached hydrogen (secondary N) is 2. The minimum absolute atomic E-state index is 0.0722. The number of piperidine rings is 1. The van der Waals surface area contributed by atoms with Gasteiger partial charge in [-0.1, -0.05) is 6.92 Å². The first-order valence-electron chi connectivity index (χ1n) is 5.16. The third-order valence-electron chi connectivity index (χ3n) is 3.09. The van der Waals surface area contributed by atoms with Crippen molar-refractivity contribution in [2.75, 3.05) is 0 Å². The highest BCUT2D eigenvalue weighted by molar-refractivity contribution is 6.02. The van der Waals surface area contributed by atoms with Gasteiger partial charge in [0, 0.05) is 11.8 Å². The summed E-state index contributed by atoms with van der Waals surface area (Å²) in [7, 11) is 0. The van der Waals surface area contributed by atoms with Crippen LogP contribution in [0, 0.1) is 5.41 Å². The van der Waals surface area contributed by atoms with Gasteiger partial charge in [-0.3, -0.25) is 19.7 Å². The number of hydrogen-bond donors (Lipinski definition) is 2. The number of carbonyl (C=O) groups is 3. The number of carbonyl (C=O) groups excluding carboxylic acids is 3. The zero-order valence-electron chi connectivity index (χ0n) is 8.63. The Kier molecular flexibility index (Phi) is 2.25. The van der Waals surface area contributed by atoms with Gasteiger partial charge in [-0.2, -0.15) is 0 Å². The SMILES string of the molecule is CC1(C(=O)NC2CCC(=O)NC2=O)CC1. The Morgan fingerprint density at radius 3 is 2.67 bits per heavy atom. The fourth-order valence-electron chi connectivity index (χ4n) is 1.58. The van der Waals surface area contributed by atoms with Crippen LogP contribution in [0.2, 0.25) is 0 Å². The predicted octanol–water partition coefficient (Wildman–Crippen LogP) is -0.292. The summed E-state index contributed by atoms with van der Waals surface area (Å²) >= 11 is 0. The molecule has 0 aromatic rings. The molecule has 0 radical (unpaired) electrons. The number of imide groups is 1. The Bertz CT molecular complexity index is 334. The smallest absolute Gasteiger partial charge is 0.249 e. The Morgan fingerprint density at radius 1 is 1.47 bits per heavy atom. The van der Waals surface area contributed by atoms with Gasteiger partial charge in [0.25, 0.3) is 0 Å². The number of hydrogen-bond acceptors (Lipinski definition) is 3. The molecule has 0 aromatic heterocycles. The third-order valence-corrected chi connectivity index (χ3v) is 3.09. The van der Waals surface area contributed by atoms with Crippen molar-refractivity contribution in [2.45, 2.75) is 38.6 Å². The Morgan fingerprint density at radius 2 is 2.13 bits per heavy atom. The quantitative estimate of drug-likeness (QED) is 0.615. The Labute approximate surface area is 87.6 Å². The Hall–Kier alpha value is -1.39. The highest BCUT2D eigenvalue weighted by atomic mass is 16.2. The lowest BCUT2D eigenvalue weighted by Gasteiger charge is -2.23. The molecular formula is C10H14N2O3. The molecule has 1 unspecified atom stereocenters. The second-order valence-electron chi connectivity index (χ2n) is 4.54. The van der Waals surface area contributed by atoms with Crippen molar-refractivity contribution in [2.24, 2.45) is 5.41 Å². The van der Waals surface area contributed by atoms with E-state index in [0.717, 1.165) is 12.8 Å². The summed E-state index contributed by atoms with van der Waals surface area (Å²) < 4.78 is 0. The first-order valence-corrected chi connectivity index (χ1v) is 5.16. The zero-order chi connectivity index (χ0) is 11.1. The molecule has 0 bridgehead atoms. The summed E-state index contributed by atoms with van der Waals surface area (Å²) in [5.41, 5.74) is -0.276. The van der Waals surface area contributed by atoms with Crippen molar-refractivity contribution < 1.29 is 14.4 Å². The van der Waals surface area contributed by atoms with Crippen molar-refractivity contribution in [1.82, 2.24) is 10.6 Å². The minimum Gasteiger partial charge on any atom is -0.344 e. The maximum absolute atomic E-state index is 11.6. The molecular weight excluding hydrogens is 196 g/mol. The number of rotatable bonds is 2. The maximum atomic E-state index is 11.6. The molecule has 2 N–H and O–H groups in total. The molecule has 1 saturated carbocycles. The van der Waals surface area contributed by atoms with Crippen LogP contribution in [-0.4, -0.2) is 23.8 Å². The molecule has 82 valence electrons. The molecule has 2 fully saturated rings. The first kappa shape index (κ1) is 10.1. The second-order valence-corrected chi connectivity index (χ2v) is 4.54. The number of amides is 3. The molecule has 5 heteroatoms. The molecule has 0 spiro atoms. The van der Waals surface area contributed by atoms with Crippen LogP contribution in [-0.2, 0) is 14.4 Å². The van der Waals surface area contributed by atoms with Gasteiger partial charge in [0.1, 0.15) is 6.04 Å². The topological polar surface area (TPSA) is 75.3 Å².